The number of hydrogen-bond acceptors (Lipinski definition) is 4. The second kappa shape index (κ2) is 4.83. The number of carbonyl (C=O) groups excluding carboxylic acids is 1. The van der Waals surface area contributed by atoms with E-state index >= 15 is 0 Å². The summed E-state index contributed by atoms with van der Waals surface area (Å²) in [5.41, 5.74) is 0.339. The van der Waals surface area contributed by atoms with Crippen LogP contribution in [0.3, 0.4) is 0 Å². The van der Waals surface area contributed by atoms with Crippen LogP contribution in [0, 0.1) is 5.82 Å². The lowest BCUT2D eigenvalue weighted by atomic mass is 10.2. The Kier molecular flexibility index (Phi) is 3.37. The quantitative estimate of drug-likeness (QED) is 0.872. The van der Waals surface area contributed by atoms with Gasteiger partial charge in [0.1, 0.15) is 17.2 Å². The predicted molar refractivity (Wildman–Crippen MR) is 66.9 cm³/mol. The molecule has 2 aromatic heterocycles. The number of nitrogens with one attached hydrogen (secondary N) is 2. The van der Waals surface area contributed by atoms with Crippen molar-refractivity contribution in [2.24, 2.45) is 0 Å². The Morgan fingerprint density at radius 2 is 2.26 bits per heavy atom. The van der Waals surface area contributed by atoms with Crippen molar-refractivity contribution < 1.29 is 13.9 Å². The van der Waals surface area contributed by atoms with Crippen LogP contribution in [0.25, 0.3) is 11.2 Å². The number of halogens is 1. The van der Waals surface area contributed by atoms with Crippen molar-refractivity contribution in [3.8, 4) is 0 Å². The van der Waals surface area contributed by atoms with Crippen LogP contribution >= 0.6 is 0 Å². The summed E-state index contributed by atoms with van der Waals surface area (Å²) in [6.07, 6.45) is 0.556. The molecule has 19 heavy (non-hydrogen) atoms. The fourth-order valence-electron chi connectivity index (χ4n) is 1.48. The molecule has 0 spiro atoms. The highest BCUT2D eigenvalue weighted by molar-refractivity contribution is 5.71. The number of nitrogens with zero attached hydrogens (tertiary/aromatic N) is 2. The van der Waals surface area contributed by atoms with Gasteiger partial charge in [0.05, 0.1) is 18.3 Å². The number of imidazole rings is 1. The van der Waals surface area contributed by atoms with Gasteiger partial charge in [0.25, 0.3) is 0 Å². The third-order valence-corrected chi connectivity index (χ3v) is 2.15. The first kappa shape index (κ1) is 13.3. The standard InChI is InChI=1S/C12H15FN4O2/c1-12(2,3)19-11(18)15-6-9-16-8-4-7(13)5-14-10(8)17-9/h4-5H,6H2,1-3H3,(H,15,18)(H,14,16,17). The minimum Gasteiger partial charge on any atom is -0.444 e. The molecule has 0 aromatic carbocycles. The highest BCUT2D eigenvalue weighted by atomic mass is 19.1. The largest absolute Gasteiger partial charge is 0.444 e. The van der Waals surface area contributed by atoms with Crippen LogP contribution in [-0.2, 0) is 11.3 Å². The lowest BCUT2D eigenvalue weighted by Crippen LogP contribution is -2.32. The summed E-state index contributed by atoms with van der Waals surface area (Å²) >= 11 is 0. The molecule has 0 bridgehead atoms. The van der Waals surface area contributed by atoms with Gasteiger partial charge in [-0.25, -0.2) is 19.2 Å². The van der Waals surface area contributed by atoms with Crippen molar-refractivity contribution >= 4 is 17.3 Å². The lowest BCUT2D eigenvalue weighted by Gasteiger charge is -2.19. The maximum Gasteiger partial charge on any atom is 0.408 e. The molecule has 0 saturated heterocycles. The second-order valence-corrected chi connectivity index (χ2v) is 5.06. The van der Waals surface area contributed by atoms with Gasteiger partial charge in [0.2, 0.25) is 0 Å². The smallest absolute Gasteiger partial charge is 0.408 e. The normalized spacial score (nSPS) is 11.6. The van der Waals surface area contributed by atoms with Crippen LogP contribution in [0.15, 0.2) is 12.3 Å². The SMILES string of the molecule is CC(C)(C)OC(=O)NCc1nc2ncc(F)cc2[nH]1. The molecule has 0 saturated carbocycles. The Hall–Kier alpha value is -2.18. The molecule has 2 rings (SSSR count). The van der Waals surface area contributed by atoms with E-state index in [0.29, 0.717) is 17.0 Å². The summed E-state index contributed by atoms with van der Waals surface area (Å²) in [5, 5.41) is 2.55. The molecule has 0 atom stereocenters. The number of H-pyrrole nitrogens is 1. The van der Waals surface area contributed by atoms with Crippen molar-refractivity contribution in [1.29, 1.82) is 0 Å². The molecule has 0 aliphatic heterocycles. The van der Waals surface area contributed by atoms with Gasteiger partial charge in [-0.2, -0.15) is 0 Å². The molecule has 0 aliphatic carbocycles. The topological polar surface area (TPSA) is 79.9 Å². The maximum atomic E-state index is 12.9. The van der Waals surface area contributed by atoms with Crippen molar-refractivity contribution in [2.45, 2.75) is 32.9 Å². The molecule has 0 radical (unpaired) electrons. The number of amides is 1. The summed E-state index contributed by atoms with van der Waals surface area (Å²) in [7, 11) is 0. The Balaban J connectivity index is 2.00. The van der Waals surface area contributed by atoms with Crippen molar-refractivity contribution in [2.75, 3.05) is 0 Å². The minimum absolute atomic E-state index is 0.160. The number of rotatable bonds is 2. The predicted octanol–water partition coefficient (Wildman–Crippen LogP) is 2.12. The van der Waals surface area contributed by atoms with E-state index in [4.69, 9.17) is 4.74 Å². The molecule has 0 fully saturated rings. The van der Waals surface area contributed by atoms with Gasteiger partial charge in [0.15, 0.2) is 5.65 Å². The number of hydrogen-bond donors (Lipinski definition) is 2. The zero-order valence-corrected chi connectivity index (χ0v) is 11.0. The van der Waals surface area contributed by atoms with Crippen LogP contribution in [0.1, 0.15) is 26.6 Å². The Morgan fingerprint density at radius 3 is 2.95 bits per heavy atom. The van der Waals surface area contributed by atoms with Crippen LogP contribution in [0.2, 0.25) is 0 Å². The van der Waals surface area contributed by atoms with E-state index in [1.54, 1.807) is 20.8 Å². The Labute approximate surface area is 109 Å². The fourth-order valence-corrected chi connectivity index (χ4v) is 1.48. The monoisotopic (exact) mass is 266 g/mol. The summed E-state index contributed by atoms with van der Waals surface area (Å²) in [6.45, 7) is 5.49. The molecule has 102 valence electrons. The Morgan fingerprint density at radius 1 is 1.53 bits per heavy atom. The maximum absolute atomic E-state index is 12.9. The molecular weight excluding hydrogens is 251 g/mol. The van der Waals surface area contributed by atoms with Gasteiger partial charge in [-0.1, -0.05) is 0 Å². The zero-order valence-electron chi connectivity index (χ0n) is 11.0. The first-order valence-electron chi connectivity index (χ1n) is 5.80. The van der Waals surface area contributed by atoms with Gasteiger partial charge in [-0.15, -0.1) is 0 Å². The number of aromatic amines is 1. The molecule has 2 heterocycles. The first-order chi connectivity index (χ1) is 8.83. The minimum atomic E-state index is -0.553. The second-order valence-electron chi connectivity index (χ2n) is 5.06. The number of aromatic nitrogens is 3. The van der Waals surface area contributed by atoms with Crippen LogP contribution in [0.4, 0.5) is 9.18 Å². The van der Waals surface area contributed by atoms with Gasteiger partial charge in [-0.05, 0) is 20.8 Å². The van der Waals surface area contributed by atoms with Crippen LogP contribution in [0.5, 0.6) is 0 Å². The van der Waals surface area contributed by atoms with Gasteiger partial charge in [0, 0.05) is 6.07 Å². The van der Waals surface area contributed by atoms with E-state index in [9.17, 15) is 9.18 Å². The van der Waals surface area contributed by atoms with E-state index in [1.165, 1.54) is 6.07 Å². The van der Waals surface area contributed by atoms with E-state index < -0.39 is 17.5 Å². The van der Waals surface area contributed by atoms with E-state index in [1.807, 2.05) is 0 Å². The average molecular weight is 266 g/mol. The molecule has 0 unspecified atom stereocenters. The van der Waals surface area contributed by atoms with Gasteiger partial charge >= 0.3 is 6.09 Å². The molecule has 6 nitrogen and oxygen atoms in total. The van der Waals surface area contributed by atoms with Crippen molar-refractivity contribution in [3.05, 3.63) is 23.9 Å². The zero-order chi connectivity index (χ0) is 14.0. The number of carbonyl (C=O) groups is 1. The first-order valence-corrected chi connectivity index (χ1v) is 5.80. The lowest BCUT2D eigenvalue weighted by molar-refractivity contribution is 0.0522. The molecule has 2 aromatic rings. The molecular formula is C12H15FN4O2. The molecule has 7 heteroatoms. The van der Waals surface area contributed by atoms with E-state index in [2.05, 4.69) is 20.3 Å². The average Bonchev–Trinajstić information content (AvgIpc) is 2.66. The fraction of sp³-hybridized carbons (Fsp3) is 0.417. The summed E-state index contributed by atoms with van der Waals surface area (Å²) < 4.78 is 18.0. The number of alkyl carbamates (subject to hydrolysis) is 1. The molecule has 0 aliphatic rings. The summed E-state index contributed by atoms with van der Waals surface area (Å²) in [5.74, 6) is 0.0433. The third kappa shape index (κ3) is 3.64. The summed E-state index contributed by atoms with van der Waals surface area (Å²) in [4.78, 5) is 22.3. The van der Waals surface area contributed by atoms with Crippen LogP contribution < -0.4 is 5.32 Å². The van der Waals surface area contributed by atoms with Gasteiger partial charge in [-0.3, -0.25) is 0 Å². The Bertz CT molecular complexity index is 603. The molecule has 1 amide bonds. The highest BCUT2D eigenvalue weighted by Crippen LogP contribution is 2.10. The molecule has 2 N–H and O–H groups in total. The highest BCUT2D eigenvalue weighted by Gasteiger charge is 2.16. The van der Waals surface area contributed by atoms with E-state index in [-0.39, 0.29) is 6.54 Å². The number of fused-ring (bicyclic) bond motifs is 1. The van der Waals surface area contributed by atoms with Crippen molar-refractivity contribution in [1.82, 2.24) is 20.3 Å². The van der Waals surface area contributed by atoms with Crippen molar-refractivity contribution in [3.63, 3.8) is 0 Å². The summed E-state index contributed by atoms with van der Waals surface area (Å²) in [6, 6.07) is 1.30. The third-order valence-electron chi connectivity index (χ3n) is 2.15. The number of ether oxygens (including phenoxy) is 1. The number of pyridine rings is 1. The van der Waals surface area contributed by atoms with E-state index in [0.717, 1.165) is 6.20 Å². The van der Waals surface area contributed by atoms with Crippen LogP contribution in [-0.4, -0.2) is 26.6 Å². The van der Waals surface area contributed by atoms with Gasteiger partial charge < -0.3 is 15.0 Å².